The summed E-state index contributed by atoms with van der Waals surface area (Å²) in [5.41, 5.74) is 2.14. The van der Waals surface area contributed by atoms with E-state index in [-0.39, 0.29) is 37.4 Å². The van der Waals surface area contributed by atoms with Crippen LogP contribution in [-0.2, 0) is 17.6 Å². The van der Waals surface area contributed by atoms with Gasteiger partial charge in [-0.3, -0.25) is 4.79 Å². The first-order valence-electron chi connectivity index (χ1n) is 4.87. The van der Waals surface area contributed by atoms with Gasteiger partial charge in [0.05, 0.1) is 6.42 Å². The maximum atomic E-state index is 10.4. The molecule has 0 spiro atoms. The van der Waals surface area contributed by atoms with E-state index < -0.39 is 5.97 Å². The minimum Gasteiger partial charge on any atom is -1.00 e. The van der Waals surface area contributed by atoms with Crippen LogP contribution in [0.4, 0.5) is 0 Å². The Morgan fingerprint density at radius 1 is 1.27 bits per heavy atom. The van der Waals surface area contributed by atoms with Crippen molar-refractivity contribution in [3.05, 3.63) is 35.4 Å². The van der Waals surface area contributed by atoms with E-state index in [1.807, 2.05) is 24.3 Å². The number of carboxylic acid groups (broad SMARTS) is 1. The van der Waals surface area contributed by atoms with Gasteiger partial charge in [-0.2, -0.15) is 0 Å². The molecule has 1 aromatic rings. The quantitative estimate of drug-likeness (QED) is 0.697. The van der Waals surface area contributed by atoms with Crippen molar-refractivity contribution in [2.75, 3.05) is 0 Å². The van der Waals surface area contributed by atoms with Gasteiger partial charge in [0, 0.05) is 0 Å². The van der Waals surface area contributed by atoms with Gasteiger partial charge >= 0.3 is 35.5 Å². The molecule has 15 heavy (non-hydrogen) atoms. The zero-order valence-corrected chi connectivity index (χ0v) is 11.7. The average molecular weight is 216 g/mol. The van der Waals surface area contributed by atoms with Crippen molar-refractivity contribution >= 4 is 5.97 Å². The Morgan fingerprint density at radius 3 is 2.13 bits per heavy atom. The van der Waals surface area contributed by atoms with Crippen molar-refractivity contribution in [1.29, 1.82) is 0 Å². The molecule has 0 aliphatic carbocycles. The number of carbonyl (C=O) groups is 1. The molecule has 0 unspecified atom stereocenters. The van der Waals surface area contributed by atoms with Gasteiger partial charge in [-0.05, 0) is 23.5 Å². The largest absolute Gasteiger partial charge is 1.00 e. The number of carboxylic acids is 1. The molecule has 0 aliphatic rings. The zero-order chi connectivity index (χ0) is 10.6. The Balaban J connectivity index is 0. The molecule has 0 aromatic heterocycles. The minimum absolute atomic E-state index is 0. The number of hydrogen-bond acceptors (Lipinski definition) is 1. The third-order valence-corrected chi connectivity index (χ3v) is 2.02. The van der Waals surface area contributed by atoms with Crippen molar-refractivity contribution in [2.24, 2.45) is 5.92 Å². The third-order valence-electron chi connectivity index (χ3n) is 2.02. The number of hydrogen-bond donors (Lipinski definition) is 1. The third kappa shape index (κ3) is 5.98. The molecule has 3 heteroatoms. The monoisotopic (exact) mass is 216 g/mol. The topological polar surface area (TPSA) is 37.3 Å². The molecule has 78 valence electrons. The van der Waals surface area contributed by atoms with Gasteiger partial charge in [0.2, 0.25) is 0 Å². The van der Waals surface area contributed by atoms with Crippen molar-refractivity contribution in [3.63, 3.8) is 0 Å². The molecule has 0 aliphatic heterocycles. The summed E-state index contributed by atoms with van der Waals surface area (Å²) < 4.78 is 0. The van der Waals surface area contributed by atoms with Gasteiger partial charge in [0.25, 0.3) is 0 Å². The summed E-state index contributed by atoms with van der Waals surface area (Å²) in [6.45, 7) is 4.34. The van der Waals surface area contributed by atoms with Crippen LogP contribution in [0.15, 0.2) is 24.3 Å². The Labute approximate surface area is 114 Å². The SMILES string of the molecule is CC(C)Cc1ccc(CC(=O)O)cc1.[H-].[Na+]. The molecule has 1 rings (SSSR count). The van der Waals surface area contributed by atoms with Gasteiger partial charge < -0.3 is 6.53 Å². The number of benzene rings is 1. The molecule has 0 saturated heterocycles. The van der Waals surface area contributed by atoms with Gasteiger partial charge in [0.1, 0.15) is 0 Å². The Hall–Kier alpha value is -0.310. The Kier molecular flexibility index (Phi) is 6.90. The zero-order valence-electron chi connectivity index (χ0n) is 10.7. The smallest absolute Gasteiger partial charge is 1.00 e. The molecule has 2 nitrogen and oxygen atoms in total. The predicted octanol–water partition coefficient (Wildman–Crippen LogP) is -0.371. The molecule has 0 amide bonds. The van der Waals surface area contributed by atoms with Crippen LogP contribution in [0.1, 0.15) is 26.4 Å². The summed E-state index contributed by atoms with van der Waals surface area (Å²) in [6, 6.07) is 7.81. The molecular formula is C12H17NaO2. The molecule has 0 radical (unpaired) electrons. The minimum atomic E-state index is -0.776. The van der Waals surface area contributed by atoms with Gasteiger partial charge in [0.15, 0.2) is 0 Å². The first-order chi connectivity index (χ1) is 6.58. The first kappa shape index (κ1) is 14.7. The van der Waals surface area contributed by atoms with Crippen molar-refractivity contribution in [3.8, 4) is 0 Å². The molecule has 0 atom stereocenters. The van der Waals surface area contributed by atoms with Crippen molar-refractivity contribution < 1.29 is 40.9 Å². The van der Waals surface area contributed by atoms with Crippen LogP contribution in [0.3, 0.4) is 0 Å². The standard InChI is InChI=1S/C12H16O2.Na.H/c1-9(2)7-10-3-5-11(6-4-10)8-12(13)14;;/h3-6,9H,7-8H2,1-2H3,(H,13,14);;/q;+1;-1. The van der Waals surface area contributed by atoms with E-state index in [4.69, 9.17) is 5.11 Å². The van der Waals surface area contributed by atoms with Gasteiger partial charge in [-0.25, -0.2) is 0 Å². The number of aliphatic carboxylic acids is 1. The second-order valence-corrected chi connectivity index (χ2v) is 3.98. The summed E-state index contributed by atoms with van der Waals surface area (Å²) in [6.07, 6.45) is 1.16. The van der Waals surface area contributed by atoms with Crippen molar-refractivity contribution in [1.82, 2.24) is 0 Å². The molecular weight excluding hydrogens is 199 g/mol. The Bertz CT molecular complexity index is 309. The second kappa shape index (κ2) is 7.04. The van der Waals surface area contributed by atoms with E-state index >= 15 is 0 Å². The van der Waals surface area contributed by atoms with E-state index in [0.717, 1.165) is 12.0 Å². The van der Waals surface area contributed by atoms with Crippen LogP contribution in [0.5, 0.6) is 0 Å². The molecule has 1 aromatic carbocycles. The molecule has 0 heterocycles. The summed E-state index contributed by atoms with van der Waals surface area (Å²) in [5.74, 6) is -0.137. The maximum Gasteiger partial charge on any atom is 1.00 e. The van der Waals surface area contributed by atoms with E-state index in [2.05, 4.69) is 13.8 Å². The van der Waals surface area contributed by atoms with Crippen LogP contribution in [0.2, 0.25) is 0 Å². The summed E-state index contributed by atoms with van der Waals surface area (Å²) >= 11 is 0. The molecule has 1 N–H and O–H groups in total. The van der Waals surface area contributed by atoms with Crippen molar-refractivity contribution in [2.45, 2.75) is 26.7 Å². The summed E-state index contributed by atoms with van der Waals surface area (Å²) in [7, 11) is 0. The van der Waals surface area contributed by atoms with E-state index in [0.29, 0.717) is 5.92 Å². The molecule has 0 saturated carbocycles. The maximum absolute atomic E-state index is 10.4. The van der Waals surface area contributed by atoms with Gasteiger partial charge in [-0.1, -0.05) is 38.1 Å². The van der Waals surface area contributed by atoms with Gasteiger partial charge in [-0.15, -0.1) is 0 Å². The average Bonchev–Trinajstić information content (AvgIpc) is 2.06. The number of rotatable bonds is 4. The van der Waals surface area contributed by atoms with E-state index in [1.54, 1.807) is 0 Å². The first-order valence-corrected chi connectivity index (χ1v) is 4.87. The summed E-state index contributed by atoms with van der Waals surface area (Å²) in [5, 5.41) is 8.58. The second-order valence-electron chi connectivity index (χ2n) is 3.98. The Morgan fingerprint density at radius 2 is 1.73 bits per heavy atom. The van der Waals surface area contributed by atoms with Crippen LogP contribution >= 0.6 is 0 Å². The van der Waals surface area contributed by atoms with E-state index in [9.17, 15) is 4.79 Å². The predicted molar refractivity (Wildman–Crippen MR) is 57.4 cm³/mol. The fourth-order valence-electron chi connectivity index (χ4n) is 1.44. The van der Waals surface area contributed by atoms with Crippen LogP contribution in [0.25, 0.3) is 0 Å². The summed E-state index contributed by atoms with van der Waals surface area (Å²) in [4.78, 5) is 10.4. The molecule has 0 fully saturated rings. The fourth-order valence-corrected chi connectivity index (χ4v) is 1.44. The normalized spacial score (nSPS) is 9.80. The van der Waals surface area contributed by atoms with Crippen LogP contribution in [-0.4, -0.2) is 11.1 Å². The van der Waals surface area contributed by atoms with E-state index in [1.165, 1.54) is 5.56 Å². The molecule has 0 bridgehead atoms. The van der Waals surface area contributed by atoms with Crippen LogP contribution < -0.4 is 29.6 Å². The fraction of sp³-hybridized carbons (Fsp3) is 0.417. The van der Waals surface area contributed by atoms with Crippen LogP contribution in [0, 0.1) is 5.92 Å².